The fourth-order valence-electron chi connectivity index (χ4n) is 1.85. The van der Waals surface area contributed by atoms with E-state index in [0.29, 0.717) is 5.13 Å². The molecule has 0 spiro atoms. The minimum Gasteiger partial charge on any atom is -0.375 e. The minimum atomic E-state index is 0.527. The lowest BCUT2D eigenvalue weighted by atomic mass is 10.1. The number of aryl methyl sites for hydroxylation is 1. The van der Waals surface area contributed by atoms with Crippen LogP contribution in [0, 0.1) is 6.92 Å². The number of hydrogen-bond acceptors (Lipinski definition) is 5. The summed E-state index contributed by atoms with van der Waals surface area (Å²) in [7, 11) is 0. The Morgan fingerprint density at radius 3 is 2.63 bits per heavy atom. The van der Waals surface area contributed by atoms with Crippen molar-refractivity contribution in [3.05, 3.63) is 48.3 Å². The third-order valence-corrected chi connectivity index (χ3v) is 3.61. The van der Waals surface area contributed by atoms with Gasteiger partial charge in [-0.1, -0.05) is 17.4 Å². The molecule has 0 aliphatic rings. The Balaban J connectivity index is 2.18. The van der Waals surface area contributed by atoms with Crippen molar-refractivity contribution in [2.75, 3.05) is 5.73 Å². The number of anilines is 1. The summed E-state index contributed by atoms with van der Waals surface area (Å²) in [6.45, 7) is 2.04. The van der Waals surface area contributed by atoms with E-state index in [-0.39, 0.29) is 0 Å². The predicted octanol–water partition coefficient (Wildman–Crippen LogP) is 3.16. The first-order valence-corrected chi connectivity index (χ1v) is 6.66. The number of rotatable bonds is 2. The summed E-state index contributed by atoms with van der Waals surface area (Å²) in [6, 6.07) is 9.73. The van der Waals surface area contributed by atoms with Gasteiger partial charge in [0.05, 0.1) is 16.3 Å². The largest absolute Gasteiger partial charge is 0.375 e. The van der Waals surface area contributed by atoms with Gasteiger partial charge in [-0.3, -0.25) is 9.97 Å². The molecule has 0 saturated heterocycles. The van der Waals surface area contributed by atoms with Gasteiger partial charge >= 0.3 is 0 Å². The van der Waals surface area contributed by atoms with E-state index in [1.165, 1.54) is 11.3 Å². The molecule has 0 amide bonds. The molecule has 2 N–H and O–H groups in total. The third kappa shape index (κ3) is 2.32. The van der Waals surface area contributed by atoms with Crippen LogP contribution in [0.2, 0.25) is 0 Å². The molecule has 0 aliphatic carbocycles. The molecule has 3 aromatic rings. The number of aromatic nitrogens is 3. The van der Waals surface area contributed by atoms with Gasteiger partial charge in [0.15, 0.2) is 5.13 Å². The summed E-state index contributed by atoms with van der Waals surface area (Å²) in [5, 5.41) is 0.527. The highest BCUT2D eigenvalue weighted by atomic mass is 32.1. The molecule has 94 valence electrons. The Morgan fingerprint density at radius 2 is 1.89 bits per heavy atom. The second-order valence-corrected chi connectivity index (χ2v) is 5.19. The van der Waals surface area contributed by atoms with E-state index >= 15 is 0 Å². The van der Waals surface area contributed by atoms with Crippen LogP contribution in [0.3, 0.4) is 0 Å². The number of nitrogens with zero attached hydrogens (tertiary/aromatic N) is 3. The summed E-state index contributed by atoms with van der Waals surface area (Å²) in [5.41, 5.74) is 9.49. The van der Waals surface area contributed by atoms with Crippen LogP contribution >= 0.6 is 11.3 Å². The fourth-order valence-corrected chi connectivity index (χ4v) is 2.66. The summed E-state index contributed by atoms with van der Waals surface area (Å²) in [6.07, 6.45) is 3.54. The molecule has 0 fully saturated rings. The van der Waals surface area contributed by atoms with Crippen LogP contribution in [-0.4, -0.2) is 15.0 Å². The van der Waals surface area contributed by atoms with Crippen LogP contribution in [0.15, 0.2) is 42.7 Å². The van der Waals surface area contributed by atoms with Crippen molar-refractivity contribution in [2.45, 2.75) is 6.92 Å². The molecule has 3 rings (SSSR count). The third-order valence-electron chi connectivity index (χ3n) is 2.70. The van der Waals surface area contributed by atoms with Gasteiger partial charge < -0.3 is 5.73 Å². The van der Waals surface area contributed by atoms with E-state index in [9.17, 15) is 0 Å². The van der Waals surface area contributed by atoms with Crippen molar-refractivity contribution in [2.24, 2.45) is 0 Å². The normalized spacial score (nSPS) is 10.6. The Labute approximate surface area is 115 Å². The molecule has 0 aromatic carbocycles. The van der Waals surface area contributed by atoms with Gasteiger partial charge in [-0.25, -0.2) is 4.98 Å². The number of hydrogen-bond donors (Lipinski definition) is 1. The van der Waals surface area contributed by atoms with Gasteiger partial charge in [0, 0.05) is 12.4 Å². The van der Waals surface area contributed by atoms with Crippen molar-refractivity contribution in [1.29, 1.82) is 0 Å². The number of pyridine rings is 2. The molecular weight excluding hydrogens is 256 g/mol. The van der Waals surface area contributed by atoms with Crippen LogP contribution in [0.5, 0.6) is 0 Å². The molecule has 0 aliphatic heterocycles. The summed E-state index contributed by atoms with van der Waals surface area (Å²) < 4.78 is 0. The maximum Gasteiger partial charge on any atom is 0.181 e. The maximum atomic E-state index is 5.84. The van der Waals surface area contributed by atoms with Gasteiger partial charge in [-0.15, -0.1) is 0 Å². The molecule has 4 nitrogen and oxygen atoms in total. The first-order valence-electron chi connectivity index (χ1n) is 5.85. The lowest BCUT2D eigenvalue weighted by Crippen LogP contribution is -1.88. The highest BCUT2D eigenvalue weighted by Crippen LogP contribution is 2.36. The Bertz CT molecular complexity index is 706. The Hall–Kier alpha value is -2.27. The van der Waals surface area contributed by atoms with Crippen LogP contribution in [0.1, 0.15) is 5.56 Å². The van der Waals surface area contributed by atoms with Crippen molar-refractivity contribution >= 4 is 16.5 Å². The first-order chi connectivity index (χ1) is 9.24. The quantitative estimate of drug-likeness (QED) is 0.775. The van der Waals surface area contributed by atoms with E-state index in [0.717, 1.165) is 27.5 Å². The Morgan fingerprint density at radius 1 is 1.05 bits per heavy atom. The standard InChI is InChI=1S/C14H12N4S/c1-9-5-7-17-11(8-9)13-12(18-14(15)19-13)10-4-2-3-6-16-10/h2-8H,1H3,(H2,15,18). The summed E-state index contributed by atoms with van der Waals surface area (Å²) in [4.78, 5) is 14.1. The predicted molar refractivity (Wildman–Crippen MR) is 77.7 cm³/mol. The van der Waals surface area contributed by atoms with Gasteiger partial charge in [-0.2, -0.15) is 0 Å². The summed E-state index contributed by atoms with van der Waals surface area (Å²) in [5.74, 6) is 0. The van der Waals surface area contributed by atoms with E-state index in [2.05, 4.69) is 15.0 Å². The zero-order valence-corrected chi connectivity index (χ0v) is 11.2. The van der Waals surface area contributed by atoms with Crippen LogP contribution in [0.25, 0.3) is 22.0 Å². The van der Waals surface area contributed by atoms with Crippen molar-refractivity contribution in [3.63, 3.8) is 0 Å². The average molecular weight is 268 g/mol. The average Bonchev–Trinajstić information content (AvgIpc) is 2.82. The zero-order chi connectivity index (χ0) is 13.2. The molecule has 0 bridgehead atoms. The number of nitrogen functional groups attached to an aromatic ring is 1. The number of nitrogens with two attached hydrogens (primary N) is 1. The first kappa shape index (κ1) is 11.8. The smallest absolute Gasteiger partial charge is 0.181 e. The maximum absolute atomic E-state index is 5.84. The molecule has 3 heterocycles. The second kappa shape index (κ2) is 4.78. The van der Waals surface area contributed by atoms with E-state index in [4.69, 9.17) is 5.73 Å². The lowest BCUT2D eigenvalue weighted by molar-refractivity contribution is 1.26. The lowest BCUT2D eigenvalue weighted by Gasteiger charge is -2.02. The van der Waals surface area contributed by atoms with Gasteiger partial charge in [0.1, 0.15) is 5.69 Å². The zero-order valence-electron chi connectivity index (χ0n) is 10.4. The van der Waals surface area contributed by atoms with Crippen LogP contribution in [-0.2, 0) is 0 Å². The molecular formula is C14H12N4S. The Kier molecular flexibility index (Phi) is 2.97. The van der Waals surface area contributed by atoms with Crippen molar-refractivity contribution in [1.82, 2.24) is 15.0 Å². The van der Waals surface area contributed by atoms with E-state index in [1.807, 2.05) is 37.3 Å². The van der Waals surface area contributed by atoms with E-state index < -0.39 is 0 Å². The minimum absolute atomic E-state index is 0.527. The monoisotopic (exact) mass is 268 g/mol. The topological polar surface area (TPSA) is 64.7 Å². The molecule has 3 aromatic heterocycles. The van der Waals surface area contributed by atoms with Crippen LogP contribution in [0.4, 0.5) is 5.13 Å². The van der Waals surface area contributed by atoms with Crippen molar-refractivity contribution in [3.8, 4) is 22.0 Å². The highest BCUT2D eigenvalue weighted by Gasteiger charge is 2.15. The van der Waals surface area contributed by atoms with Gasteiger partial charge in [-0.05, 0) is 36.8 Å². The second-order valence-electron chi connectivity index (χ2n) is 4.16. The molecule has 0 radical (unpaired) electrons. The molecule has 19 heavy (non-hydrogen) atoms. The fraction of sp³-hybridized carbons (Fsp3) is 0.0714. The van der Waals surface area contributed by atoms with Gasteiger partial charge in [0.25, 0.3) is 0 Å². The number of thiazole rings is 1. The summed E-state index contributed by atoms with van der Waals surface area (Å²) >= 11 is 1.44. The van der Waals surface area contributed by atoms with Crippen LogP contribution < -0.4 is 5.73 Å². The molecule has 0 saturated carbocycles. The molecule has 0 atom stereocenters. The molecule has 0 unspecified atom stereocenters. The van der Waals surface area contributed by atoms with Gasteiger partial charge in [0.2, 0.25) is 0 Å². The molecule has 5 heteroatoms. The van der Waals surface area contributed by atoms with E-state index in [1.54, 1.807) is 12.4 Å². The highest BCUT2D eigenvalue weighted by molar-refractivity contribution is 7.19. The SMILES string of the molecule is Cc1ccnc(-c2sc(N)nc2-c2ccccn2)c1. The van der Waals surface area contributed by atoms with Crippen molar-refractivity contribution < 1.29 is 0 Å².